The standard InChI is InChI=1S/C17H30N2O2/c1-11(10-18-16(20)21-17(3,4)5)19-12(2)15-9-13-6-7-14(15)8-13/h6-7,11-15,19H,8-10H2,1-5H3,(H,18,20). The Balaban J connectivity index is 1.68. The number of hydrogen-bond donors (Lipinski definition) is 2. The van der Waals surface area contributed by atoms with Gasteiger partial charge >= 0.3 is 6.09 Å². The van der Waals surface area contributed by atoms with Crippen LogP contribution in [0.25, 0.3) is 0 Å². The molecular formula is C17H30N2O2. The highest BCUT2D eigenvalue weighted by Gasteiger charge is 2.38. The second kappa shape index (κ2) is 6.39. The Morgan fingerprint density at radius 1 is 1.29 bits per heavy atom. The van der Waals surface area contributed by atoms with Crippen molar-refractivity contribution in [2.45, 2.75) is 65.1 Å². The second-order valence-electron chi connectivity index (χ2n) is 7.68. The van der Waals surface area contributed by atoms with Gasteiger partial charge in [0.1, 0.15) is 5.60 Å². The van der Waals surface area contributed by atoms with E-state index < -0.39 is 5.60 Å². The van der Waals surface area contributed by atoms with Gasteiger partial charge in [-0.2, -0.15) is 0 Å². The molecule has 0 radical (unpaired) electrons. The fourth-order valence-electron chi connectivity index (χ4n) is 3.58. The summed E-state index contributed by atoms with van der Waals surface area (Å²) in [5, 5.41) is 6.45. The molecule has 1 saturated carbocycles. The van der Waals surface area contributed by atoms with Gasteiger partial charge in [0, 0.05) is 18.6 Å². The van der Waals surface area contributed by atoms with Crippen LogP contribution in [0.3, 0.4) is 0 Å². The van der Waals surface area contributed by atoms with Gasteiger partial charge in [0.05, 0.1) is 0 Å². The number of nitrogens with one attached hydrogen (secondary N) is 2. The smallest absolute Gasteiger partial charge is 0.407 e. The van der Waals surface area contributed by atoms with Crippen LogP contribution in [0.2, 0.25) is 0 Å². The molecule has 1 fully saturated rings. The van der Waals surface area contributed by atoms with Crippen molar-refractivity contribution in [3.05, 3.63) is 12.2 Å². The first kappa shape index (κ1) is 16.3. The maximum atomic E-state index is 11.6. The van der Waals surface area contributed by atoms with Gasteiger partial charge in [-0.15, -0.1) is 0 Å². The first-order valence-corrected chi connectivity index (χ1v) is 8.16. The molecule has 2 bridgehead atoms. The van der Waals surface area contributed by atoms with Gasteiger partial charge in [-0.05, 0) is 65.2 Å². The Morgan fingerprint density at radius 3 is 2.52 bits per heavy atom. The van der Waals surface area contributed by atoms with Crippen LogP contribution in [0.5, 0.6) is 0 Å². The van der Waals surface area contributed by atoms with Crippen molar-refractivity contribution >= 4 is 6.09 Å². The summed E-state index contributed by atoms with van der Waals surface area (Å²) in [5.74, 6) is 2.30. The Labute approximate surface area is 128 Å². The summed E-state index contributed by atoms with van der Waals surface area (Å²) in [6.07, 6.45) is 7.07. The molecule has 21 heavy (non-hydrogen) atoms. The summed E-state index contributed by atoms with van der Waals surface area (Å²) < 4.78 is 5.25. The quantitative estimate of drug-likeness (QED) is 0.766. The molecule has 5 unspecified atom stereocenters. The van der Waals surface area contributed by atoms with E-state index in [1.54, 1.807) is 0 Å². The van der Waals surface area contributed by atoms with Crippen LogP contribution >= 0.6 is 0 Å². The van der Waals surface area contributed by atoms with Crippen LogP contribution in [-0.4, -0.2) is 30.3 Å². The fraction of sp³-hybridized carbons (Fsp3) is 0.824. The molecule has 1 amide bonds. The minimum absolute atomic E-state index is 0.246. The van der Waals surface area contributed by atoms with Crippen molar-refractivity contribution in [3.63, 3.8) is 0 Å². The molecule has 0 aromatic heterocycles. The van der Waals surface area contributed by atoms with E-state index in [2.05, 4.69) is 36.6 Å². The van der Waals surface area contributed by atoms with Crippen molar-refractivity contribution < 1.29 is 9.53 Å². The molecule has 5 atom stereocenters. The minimum Gasteiger partial charge on any atom is -0.444 e. The zero-order chi connectivity index (χ0) is 15.6. The maximum Gasteiger partial charge on any atom is 0.407 e. The predicted octanol–water partition coefficient (Wildman–Crippen LogP) is 3.09. The van der Waals surface area contributed by atoms with E-state index in [-0.39, 0.29) is 12.1 Å². The Kier molecular flexibility index (Phi) is 4.97. The lowest BCUT2D eigenvalue weighted by Crippen LogP contribution is -2.46. The number of alkyl carbamates (subject to hydrolysis) is 1. The third kappa shape index (κ3) is 4.73. The van der Waals surface area contributed by atoms with Gasteiger partial charge in [-0.25, -0.2) is 4.79 Å². The van der Waals surface area contributed by atoms with Crippen LogP contribution in [0.4, 0.5) is 4.79 Å². The highest BCUT2D eigenvalue weighted by molar-refractivity contribution is 5.67. The van der Waals surface area contributed by atoms with E-state index in [4.69, 9.17) is 4.74 Å². The number of allylic oxidation sites excluding steroid dienone is 2. The van der Waals surface area contributed by atoms with Crippen LogP contribution in [-0.2, 0) is 4.74 Å². The number of carbonyl (C=O) groups is 1. The molecule has 2 aliphatic carbocycles. The molecule has 0 aromatic rings. The number of carbonyl (C=O) groups excluding carboxylic acids is 1. The molecule has 2 rings (SSSR count). The molecular weight excluding hydrogens is 264 g/mol. The van der Waals surface area contributed by atoms with Crippen LogP contribution < -0.4 is 10.6 Å². The number of ether oxygens (including phenoxy) is 1. The molecule has 0 heterocycles. The first-order chi connectivity index (χ1) is 9.74. The van der Waals surface area contributed by atoms with E-state index in [0.717, 1.165) is 17.8 Å². The number of hydrogen-bond acceptors (Lipinski definition) is 3. The molecule has 4 nitrogen and oxygen atoms in total. The molecule has 4 heteroatoms. The fourth-order valence-corrected chi connectivity index (χ4v) is 3.58. The SMILES string of the molecule is CC(CNC(=O)OC(C)(C)C)NC(C)C1CC2C=CC1C2. The number of fused-ring (bicyclic) bond motifs is 2. The van der Waals surface area contributed by atoms with Gasteiger partial charge in [0.25, 0.3) is 0 Å². The van der Waals surface area contributed by atoms with Crippen molar-refractivity contribution in [1.82, 2.24) is 10.6 Å². The maximum absolute atomic E-state index is 11.6. The van der Waals surface area contributed by atoms with Crippen molar-refractivity contribution in [3.8, 4) is 0 Å². The van der Waals surface area contributed by atoms with Crippen LogP contribution in [0.15, 0.2) is 12.2 Å². The van der Waals surface area contributed by atoms with Crippen molar-refractivity contribution in [1.29, 1.82) is 0 Å². The lowest BCUT2D eigenvalue weighted by atomic mass is 9.87. The van der Waals surface area contributed by atoms with Crippen molar-refractivity contribution in [2.75, 3.05) is 6.54 Å². The third-order valence-electron chi connectivity index (χ3n) is 4.47. The third-order valence-corrected chi connectivity index (χ3v) is 4.47. The van der Waals surface area contributed by atoms with E-state index in [0.29, 0.717) is 12.6 Å². The van der Waals surface area contributed by atoms with Gasteiger partial charge in [0.2, 0.25) is 0 Å². The lowest BCUT2D eigenvalue weighted by molar-refractivity contribution is 0.0522. The summed E-state index contributed by atoms with van der Waals surface area (Å²) in [5.41, 5.74) is -0.441. The second-order valence-corrected chi connectivity index (χ2v) is 7.68. The van der Waals surface area contributed by atoms with E-state index >= 15 is 0 Å². The summed E-state index contributed by atoms with van der Waals surface area (Å²) in [4.78, 5) is 11.6. The molecule has 2 aliphatic rings. The molecule has 2 N–H and O–H groups in total. The lowest BCUT2D eigenvalue weighted by Gasteiger charge is -2.29. The van der Waals surface area contributed by atoms with Crippen LogP contribution in [0, 0.1) is 17.8 Å². The van der Waals surface area contributed by atoms with Gasteiger partial charge in [-0.3, -0.25) is 0 Å². The zero-order valence-corrected chi connectivity index (χ0v) is 14.0. The highest BCUT2D eigenvalue weighted by Crippen LogP contribution is 2.44. The van der Waals surface area contributed by atoms with Crippen molar-refractivity contribution in [2.24, 2.45) is 17.8 Å². The van der Waals surface area contributed by atoms with Gasteiger partial charge in [-0.1, -0.05) is 12.2 Å². The predicted molar refractivity (Wildman–Crippen MR) is 85.1 cm³/mol. The van der Waals surface area contributed by atoms with Gasteiger partial charge < -0.3 is 15.4 Å². The molecule has 0 aliphatic heterocycles. The van der Waals surface area contributed by atoms with E-state index in [1.807, 2.05) is 20.8 Å². The minimum atomic E-state index is -0.441. The number of rotatable bonds is 5. The Hall–Kier alpha value is -1.03. The summed E-state index contributed by atoms with van der Waals surface area (Å²) in [6.45, 7) is 10.6. The normalized spacial score (nSPS) is 30.2. The topological polar surface area (TPSA) is 50.4 Å². The summed E-state index contributed by atoms with van der Waals surface area (Å²) >= 11 is 0. The molecule has 0 aromatic carbocycles. The molecule has 120 valence electrons. The monoisotopic (exact) mass is 294 g/mol. The average Bonchev–Trinajstić information content (AvgIpc) is 2.96. The Bertz CT molecular complexity index is 400. The number of amides is 1. The van der Waals surface area contributed by atoms with Crippen LogP contribution in [0.1, 0.15) is 47.5 Å². The largest absolute Gasteiger partial charge is 0.444 e. The highest BCUT2D eigenvalue weighted by atomic mass is 16.6. The average molecular weight is 294 g/mol. The van der Waals surface area contributed by atoms with Gasteiger partial charge in [0.15, 0.2) is 0 Å². The summed E-state index contributed by atoms with van der Waals surface area (Å²) in [6, 6.07) is 0.732. The Morgan fingerprint density at radius 2 is 2.00 bits per heavy atom. The van der Waals surface area contributed by atoms with E-state index in [9.17, 15) is 4.79 Å². The molecule has 0 saturated heterocycles. The molecule has 0 spiro atoms. The van der Waals surface area contributed by atoms with E-state index in [1.165, 1.54) is 12.8 Å². The summed E-state index contributed by atoms with van der Waals surface area (Å²) in [7, 11) is 0. The first-order valence-electron chi connectivity index (χ1n) is 8.16. The zero-order valence-electron chi connectivity index (χ0n) is 14.0.